The summed E-state index contributed by atoms with van der Waals surface area (Å²) in [7, 11) is 0. The second kappa shape index (κ2) is 5.49. The largest absolute Gasteiger partial charge is 0.464 e. The lowest BCUT2D eigenvalue weighted by Crippen LogP contribution is -2.06. The normalized spacial score (nSPS) is 12.5. The van der Waals surface area contributed by atoms with E-state index in [4.69, 9.17) is 4.42 Å². The molecule has 2 aromatic rings. The topological polar surface area (TPSA) is 25.2 Å². The Bertz CT molecular complexity index is 540. The highest BCUT2D eigenvalue weighted by atomic mass is 79.9. The van der Waals surface area contributed by atoms with Crippen molar-refractivity contribution in [1.29, 1.82) is 0 Å². The van der Waals surface area contributed by atoms with Gasteiger partial charge >= 0.3 is 0 Å². The average molecular weight is 373 g/mol. The monoisotopic (exact) mass is 371 g/mol. The minimum atomic E-state index is 0.119. The van der Waals surface area contributed by atoms with Gasteiger partial charge in [0.05, 0.1) is 11.7 Å². The van der Waals surface area contributed by atoms with Crippen molar-refractivity contribution in [2.75, 3.05) is 5.32 Å². The lowest BCUT2D eigenvalue weighted by atomic mass is 10.2. The first-order valence-electron chi connectivity index (χ1n) is 5.76. The molecule has 2 nitrogen and oxygen atoms in total. The van der Waals surface area contributed by atoms with Crippen LogP contribution in [0.4, 0.5) is 5.69 Å². The van der Waals surface area contributed by atoms with E-state index in [1.165, 1.54) is 5.56 Å². The van der Waals surface area contributed by atoms with Gasteiger partial charge in [-0.25, -0.2) is 0 Å². The molecule has 1 aromatic heterocycles. The van der Waals surface area contributed by atoms with Crippen molar-refractivity contribution in [3.8, 4) is 0 Å². The number of nitrogens with one attached hydrogen (secondary N) is 1. The van der Waals surface area contributed by atoms with E-state index in [0.29, 0.717) is 0 Å². The lowest BCUT2D eigenvalue weighted by Gasteiger charge is -2.16. The molecule has 0 aliphatic carbocycles. The number of anilines is 1. The zero-order chi connectivity index (χ0) is 13.3. The molecule has 96 valence electrons. The van der Waals surface area contributed by atoms with E-state index in [2.05, 4.69) is 63.2 Å². The fourth-order valence-corrected chi connectivity index (χ4v) is 3.46. The molecule has 0 saturated heterocycles. The van der Waals surface area contributed by atoms with E-state index < -0.39 is 0 Å². The summed E-state index contributed by atoms with van der Waals surface area (Å²) in [6.07, 6.45) is 0. The average Bonchev–Trinajstić information content (AvgIpc) is 2.70. The van der Waals surface area contributed by atoms with Gasteiger partial charge in [-0.15, -0.1) is 0 Å². The third-order valence-corrected chi connectivity index (χ3v) is 3.99. The summed E-state index contributed by atoms with van der Waals surface area (Å²) in [6, 6.07) is 8.28. The number of aryl methyl sites for hydroxylation is 2. The van der Waals surface area contributed by atoms with Crippen LogP contribution in [0.5, 0.6) is 0 Å². The molecule has 2 rings (SSSR count). The molecule has 1 unspecified atom stereocenters. The number of furan rings is 1. The van der Waals surface area contributed by atoms with Gasteiger partial charge in [0.2, 0.25) is 0 Å². The van der Waals surface area contributed by atoms with Crippen molar-refractivity contribution in [3.63, 3.8) is 0 Å². The van der Waals surface area contributed by atoms with Crippen molar-refractivity contribution in [3.05, 3.63) is 50.3 Å². The Kier molecular flexibility index (Phi) is 4.17. The van der Waals surface area contributed by atoms with Gasteiger partial charge in [0.15, 0.2) is 0 Å². The maximum absolute atomic E-state index is 5.63. The Balaban J connectivity index is 2.24. The Morgan fingerprint density at radius 1 is 1.11 bits per heavy atom. The Hall–Kier alpha value is -0.740. The van der Waals surface area contributed by atoms with E-state index in [-0.39, 0.29) is 6.04 Å². The fourth-order valence-electron chi connectivity index (χ4n) is 1.81. The summed E-state index contributed by atoms with van der Waals surface area (Å²) >= 11 is 7.16. The van der Waals surface area contributed by atoms with Crippen LogP contribution in [-0.2, 0) is 0 Å². The maximum Gasteiger partial charge on any atom is 0.126 e. The van der Waals surface area contributed by atoms with E-state index in [9.17, 15) is 0 Å². The first kappa shape index (κ1) is 13.7. The molecule has 0 spiro atoms. The minimum absolute atomic E-state index is 0.119. The molecule has 1 atom stereocenters. The summed E-state index contributed by atoms with van der Waals surface area (Å²) in [5.74, 6) is 1.87. The molecule has 1 heterocycles. The highest BCUT2D eigenvalue weighted by Crippen LogP contribution is 2.35. The second-order valence-corrected chi connectivity index (χ2v) is 6.13. The second-order valence-electron chi connectivity index (χ2n) is 4.42. The van der Waals surface area contributed by atoms with Crippen LogP contribution in [0.2, 0.25) is 0 Å². The third kappa shape index (κ3) is 2.98. The molecule has 18 heavy (non-hydrogen) atoms. The van der Waals surface area contributed by atoms with E-state index >= 15 is 0 Å². The predicted octanol–water partition coefficient (Wildman–Crippen LogP) is 5.59. The molecule has 0 radical (unpaired) electrons. The predicted molar refractivity (Wildman–Crippen MR) is 82.1 cm³/mol. The number of benzene rings is 1. The summed E-state index contributed by atoms with van der Waals surface area (Å²) in [4.78, 5) is 0. The van der Waals surface area contributed by atoms with Crippen molar-refractivity contribution in [2.45, 2.75) is 26.8 Å². The van der Waals surface area contributed by atoms with Gasteiger partial charge in [-0.2, -0.15) is 0 Å². The molecule has 1 aromatic carbocycles. The highest BCUT2D eigenvalue weighted by Gasteiger charge is 2.13. The zero-order valence-corrected chi connectivity index (χ0v) is 13.7. The molecule has 0 aliphatic rings. The van der Waals surface area contributed by atoms with Gasteiger partial charge in [0.1, 0.15) is 11.5 Å². The van der Waals surface area contributed by atoms with Crippen LogP contribution in [0.25, 0.3) is 0 Å². The summed E-state index contributed by atoms with van der Waals surface area (Å²) < 4.78 is 7.72. The first-order valence-corrected chi connectivity index (χ1v) is 7.34. The standard InChI is InChI=1S/C14H15Br2NO/c1-8-6-11(15)14(12(16)7-8)17-10(3)13-5-4-9(2)18-13/h4-7,10,17H,1-3H3. The van der Waals surface area contributed by atoms with Gasteiger partial charge in [-0.1, -0.05) is 0 Å². The SMILES string of the molecule is Cc1cc(Br)c(NC(C)c2ccc(C)o2)c(Br)c1. The molecular formula is C14H15Br2NO. The number of hydrogen-bond donors (Lipinski definition) is 1. The van der Waals surface area contributed by atoms with Crippen LogP contribution in [0.3, 0.4) is 0 Å². The molecular weight excluding hydrogens is 358 g/mol. The molecule has 0 saturated carbocycles. The molecule has 0 amide bonds. The van der Waals surface area contributed by atoms with Gasteiger partial charge in [-0.05, 0) is 82.5 Å². The van der Waals surface area contributed by atoms with Crippen molar-refractivity contribution < 1.29 is 4.42 Å². The van der Waals surface area contributed by atoms with Crippen LogP contribution < -0.4 is 5.32 Å². The van der Waals surface area contributed by atoms with Crippen molar-refractivity contribution in [2.24, 2.45) is 0 Å². The maximum atomic E-state index is 5.63. The number of hydrogen-bond acceptors (Lipinski definition) is 2. The number of halogens is 2. The Morgan fingerprint density at radius 3 is 2.22 bits per heavy atom. The first-order chi connectivity index (χ1) is 8.47. The Labute approximate surface area is 124 Å². The summed E-state index contributed by atoms with van der Waals surface area (Å²) in [6.45, 7) is 6.10. The van der Waals surface area contributed by atoms with E-state index in [0.717, 1.165) is 26.2 Å². The van der Waals surface area contributed by atoms with E-state index in [1.54, 1.807) is 0 Å². The van der Waals surface area contributed by atoms with Crippen molar-refractivity contribution >= 4 is 37.5 Å². The number of rotatable bonds is 3. The van der Waals surface area contributed by atoms with Gasteiger partial charge in [0.25, 0.3) is 0 Å². The smallest absolute Gasteiger partial charge is 0.126 e. The fraction of sp³-hybridized carbons (Fsp3) is 0.286. The van der Waals surface area contributed by atoms with Gasteiger partial charge < -0.3 is 9.73 Å². The lowest BCUT2D eigenvalue weighted by molar-refractivity contribution is 0.467. The van der Waals surface area contributed by atoms with Crippen LogP contribution in [0, 0.1) is 13.8 Å². The van der Waals surface area contributed by atoms with Gasteiger partial charge in [-0.3, -0.25) is 0 Å². The summed E-state index contributed by atoms with van der Waals surface area (Å²) in [5.41, 5.74) is 2.25. The Morgan fingerprint density at radius 2 is 1.72 bits per heavy atom. The van der Waals surface area contributed by atoms with E-state index in [1.807, 2.05) is 19.1 Å². The molecule has 1 N–H and O–H groups in total. The quantitative estimate of drug-likeness (QED) is 0.759. The van der Waals surface area contributed by atoms with Crippen molar-refractivity contribution in [1.82, 2.24) is 0 Å². The third-order valence-electron chi connectivity index (χ3n) is 2.74. The molecule has 4 heteroatoms. The molecule has 0 bridgehead atoms. The summed E-state index contributed by atoms with van der Waals surface area (Å²) in [5, 5.41) is 3.45. The van der Waals surface area contributed by atoms with Crippen LogP contribution in [-0.4, -0.2) is 0 Å². The highest BCUT2D eigenvalue weighted by molar-refractivity contribution is 9.11. The van der Waals surface area contributed by atoms with Crippen LogP contribution in [0.15, 0.2) is 37.6 Å². The minimum Gasteiger partial charge on any atom is -0.464 e. The van der Waals surface area contributed by atoms with Crippen LogP contribution >= 0.6 is 31.9 Å². The zero-order valence-electron chi connectivity index (χ0n) is 10.6. The molecule has 0 aliphatic heterocycles. The van der Waals surface area contributed by atoms with Crippen LogP contribution in [0.1, 0.15) is 30.0 Å². The molecule has 0 fully saturated rings. The van der Waals surface area contributed by atoms with Gasteiger partial charge in [0, 0.05) is 8.95 Å².